The number of rotatable bonds is 2. The zero-order valence-corrected chi connectivity index (χ0v) is 11.9. The molecule has 1 aliphatic heterocycles. The summed E-state index contributed by atoms with van der Waals surface area (Å²) in [6, 6.07) is 0. The number of aliphatic hydroxyl groups is 3. The van der Waals surface area contributed by atoms with Crippen molar-refractivity contribution in [2.45, 2.75) is 24.5 Å². The van der Waals surface area contributed by atoms with E-state index in [1.165, 1.54) is 15.5 Å². The average molecular weight is 313 g/mol. The average Bonchev–Trinajstić information content (AvgIpc) is 2.99. The molecule has 1 fully saturated rings. The van der Waals surface area contributed by atoms with Crippen LogP contribution < -0.4 is 5.73 Å². The van der Waals surface area contributed by atoms with E-state index in [4.69, 9.17) is 27.8 Å². The molecule has 2 aromatic heterocycles. The van der Waals surface area contributed by atoms with Crippen molar-refractivity contribution in [1.29, 1.82) is 0 Å². The van der Waals surface area contributed by atoms with Gasteiger partial charge in [0.1, 0.15) is 28.5 Å². The normalized spacial score (nSPS) is 29.3. The minimum absolute atomic E-state index is 0.195. The maximum absolute atomic E-state index is 10.1. The number of nitrogens with two attached hydrogens (primary N) is 1. The Hall–Kier alpha value is -1.59. The van der Waals surface area contributed by atoms with Crippen molar-refractivity contribution < 1.29 is 20.1 Å². The molecule has 10 heteroatoms. The Labute approximate surface area is 124 Å². The summed E-state index contributed by atoms with van der Waals surface area (Å²) in [5.41, 5.74) is 6.58. The summed E-state index contributed by atoms with van der Waals surface area (Å²) in [7, 11) is 1.68. The topological polar surface area (TPSA) is 132 Å². The monoisotopic (exact) mass is 313 g/mol. The number of nitrogens with zero attached hydrogens (tertiary/aromatic N) is 4. The molecular weight excluding hydrogens is 298 g/mol. The Morgan fingerprint density at radius 1 is 1.43 bits per heavy atom. The summed E-state index contributed by atoms with van der Waals surface area (Å²) in [5, 5.41) is 29.0. The first-order valence-electron chi connectivity index (χ1n) is 6.27. The fraction of sp³-hybridized carbons (Fsp3) is 0.545. The van der Waals surface area contributed by atoms with E-state index in [1.807, 2.05) is 0 Å². The maximum Gasteiger partial charge on any atom is 0.203 e. The van der Waals surface area contributed by atoms with Crippen LogP contribution in [0, 0.1) is 4.64 Å². The summed E-state index contributed by atoms with van der Waals surface area (Å²) in [4.78, 5) is 8.35. The zero-order chi connectivity index (χ0) is 15.3. The second-order valence-electron chi connectivity index (χ2n) is 4.89. The lowest BCUT2D eigenvalue weighted by atomic mass is 10.1. The minimum Gasteiger partial charge on any atom is -0.394 e. The van der Waals surface area contributed by atoms with Crippen LogP contribution >= 0.6 is 12.2 Å². The predicted molar refractivity (Wildman–Crippen MR) is 74.8 cm³/mol. The fourth-order valence-electron chi connectivity index (χ4n) is 2.36. The number of ether oxygens (including phenoxy) is 1. The van der Waals surface area contributed by atoms with Gasteiger partial charge in [-0.3, -0.25) is 4.57 Å². The van der Waals surface area contributed by atoms with Gasteiger partial charge in [0.2, 0.25) is 5.95 Å². The van der Waals surface area contributed by atoms with Gasteiger partial charge in [0.15, 0.2) is 11.9 Å². The molecule has 1 saturated heterocycles. The van der Waals surface area contributed by atoms with Crippen LogP contribution in [0.2, 0.25) is 0 Å². The molecule has 1 aliphatic rings. The van der Waals surface area contributed by atoms with Gasteiger partial charge in [0, 0.05) is 7.05 Å². The Morgan fingerprint density at radius 3 is 2.76 bits per heavy atom. The van der Waals surface area contributed by atoms with E-state index in [0.717, 1.165) is 0 Å². The van der Waals surface area contributed by atoms with Gasteiger partial charge in [-0.2, -0.15) is 4.98 Å². The number of anilines is 1. The highest BCUT2D eigenvalue weighted by molar-refractivity contribution is 7.71. The Balaban J connectivity index is 2.12. The fourth-order valence-corrected chi connectivity index (χ4v) is 2.60. The first-order valence-corrected chi connectivity index (χ1v) is 6.68. The zero-order valence-electron chi connectivity index (χ0n) is 11.1. The minimum atomic E-state index is -1.22. The molecule has 5 N–H and O–H groups in total. The lowest BCUT2D eigenvalue weighted by molar-refractivity contribution is -0.0511. The van der Waals surface area contributed by atoms with Crippen LogP contribution in [0.3, 0.4) is 0 Å². The van der Waals surface area contributed by atoms with Crippen molar-refractivity contribution in [3.05, 3.63) is 11.0 Å². The quantitative estimate of drug-likeness (QED) is 0.503. The van der Waals surface area contributed by atoms with Gasteiger partial charge in [-0.15, -0.1) is 0 Å². The van der Waals surface area contributed by atoms with Crippen molar-refractivity contribution in [3.8, 4) is 0 Å². The van der Waals surface area contributed by atoms with Crippen molar-refractivity contribution in [2.75, 3.05) is 12.3 Å². The van der Waals surface area contributed by atoms with E-state index in [9.17, 15) is 10.2 Å². The molecular formula is C11H15N5O4S. The third-order valence-corrected chi connectivity index (χ3v) is 4.10. The number of hydrogen-bond donors (Lipinski definition) is 4. The second kappa shape index (κ2) is 5.00. The third kappa shape index (κ3) is 2.03. The largest absolute Gasteiger partial charge is 0.394 e. The number of aromatic nitrogens is 4. The van der Waals surface area contributed by atoms with Gasteiger partial charge in [-0.05, 0) is 0 Å². The second-order valence-corrected chi connectivity index (χ2v) is 5.27. The van der Waals surface area contributed by atoms with Crippen LogP contribution in [-0.4, -0.2) is 59.3 Å². The molecule has 2 aromatic rings. The highest BCUT2D eigenvalue weighted by atomic mass is 32.1. The number of fused-ring (bicyclic) bond motifs is 1. The van der Waals surface area contributed by atoms with E-state index >= 15 is 0 Å². The van der Waals surface area contributed by atoms with Crippen molar-refractivity contribution in [1.82, 2.24) is 19.1 Å². The molecule has 4 atom stereocenters. The molecule has 0 radical (unpaired) electrons. The molecule has 0 amide bonds. The smallest absolute Gasteiger partial charge is 0.203 e. The van der Waals surface area contributed by atoms with Gasteiger partial charge in [-0.25, -0.2) is 4.98 Å². The van der Waals surface area contributed by atoms with Crippen LogP contribution in [0.5, 0.6) is 0 Å². The molecule has 0 bridgehead atoms. The molecule has 21 heavy (non-hydrogen) atoms. The molecule has 1 unspecified atom stereocenters. The lowest BCUT2D eigenvalue weighted by Gasteiger charge is -2.16. The van der Waals surface area contributed by atoms with E-state index in [1.54, 1.807) is 7.05 Å². The highest BCUT2D eigenvalue weighted by Crippen LogP contribution is 2.31. The molecule has 3 rings (SSSR count). The van der Waals surface area contributed by atoms with Crippen LogP contribution in [0.25, 0.3) is 11.2 Å². The molecule has 114 valence electrons. The highest BCUT2D eigenvalue weighted by Gasteiger charge is 2.44. The molecule has 0 aromatic carbocycles. The first-order chi connectivity index (χ1) is 9.95. The molecule has 3 heterocycles. The van der Waals surface area contributed by atoms with Crippen LogP contribution in [-0.2, 0) is 11.8 Å². The van der Waals surface area contributed by atoms with Crippen molar-refractivity contribution >= 4 is 29.3 Å². The van der Waals surface area contributed by atoms with E-state index in [2.05, 4.69) is 9.97 Å². The van der Waals surface area contributed by atoms with Crippen molar-refractivity contribution in [2.24, 2.45) is 7.05 Å². The van der Waals surface area contributed by atoms with Crippen molar-refractivity contribution in [3.63, 3.8) is 0 Å². The van der Waals surface area contributed by atoms with Crippen LogP contribution in [0.15, 0.2) is 6.33 Å². The third-order valence-electron chi connectivity index (χ3n) is 3.63. The number of imidazole rings is 1. The Morgan fingerprint density at radius 2 is 2.14 bits per heavy atom. The lowest BCUT2D eigenvalue weighted by Crippen LogP contribution is -2.33. The van der Waals surface area contributed by atoms with Crippen LogP contribution in [0.1, 0.15) is 6.23 Å². The van der Waals surface area contributed by atoms with Crippen LogP contribution in [0.4, 0.5) is 5.95 Å². The Bertz CT molecular complexity index is 744. The first kappa shape index (κ1) is 14.4. The number of aliphatic hydroxyl groups excluding tert-OH is 3. The van der Waals surface area contributed by atoms with Gasteiger partial charge in [-0.1, -0.05) is 12.2 Å². The molecule has 9 nitrogen and oxygen atoms in total. The van der Waals surface area contributed by atoms with E-state index in [-0.39, 0.29) is 5.95 Å². The van der Waals surface area contributed by atoms with E-state index < -0.39 is 31.1 Å². The summed E-state index contributed by atoms with van der Waals surface area (Å²) < 4.78 is 8.82. The summed E-state index contributed by atoms with van der Waals surface area (Å²) in [6.45, 7) is -0.405. The Kier molecular flexibility index (Phi) is 3.42. The van der Waals surface area contributed by atoms with Gasteiger partial charge >= 0.3 is 0 Å². The summed E-state index contributed by atoms with van der Waals surface area (Å²) in [6.07, 6.45) is -2.80. The molecule has 0 aliphatic carbocycles. The predicted octanol–water partition coefficient (Wildman–Crippen LogP) is -1.31. The van der Waals surface area contributed by atoms with Gasteiger partial charge < -0.3 is 30.4 Å². The standard InChI is InChI=1S/C11H15N5O4S/c1-15-10(21)5-8(14-11(15)12)16(3-13-5)9-7(19)6(18)4(2-17)20-9/h3-4,6-7,9,17-19H,2H2,1H3,(H2,12,14)/t4-,6?,7+,9-/m1/s1. The maximum atomic E-state index is 10.1. The van der Waals surface area contributed by atoms with Gasteiger partial charge in [0.05, 0.1) is 12.9 Å². The number of nitrogen functional groups attached to an aromatic ring is 1. The van der Waals surface area contributed by atoms with Gasteiger partial charge in [0.25, 0.3) is 0 Å². The summed E-state index contributed by atoms with van der Waals surface area (Å²) in [5.74, 6) is 0.195. The summed E-state index contributed by atoms with van der Waals surface area (Å²) >= 11 is 5.24. The molecule has 0 spiro atoms. The number of hydrogen-bond acceptors (Lipinski definition) is 8. The SMILES string of the molecule is Cn1c(N)nc2c(ncn2[C@@H]2O[C@H](CO)C(O)[C@@H]2O)c1=S. The molecule has 0 saturated carbocycles. The van der Waals surface area contributed by atoms with E-state index in [0.29, 0.717) is 15.8 Å².